The Morgan fingerprint density at radius 3 is 2.58 bits per heavy atom. The third-order valence-corrected chi connectivity index (χ3v) is 2.93. The second-order valence-electron chi connectivity index (χ2n) is 4.56. The SMILES string of the molecule is CNc1ncccc1CN(C)Cc1ccc(F)cc1. The summed E-state index contributed by atoms with van der Waals surface area (Å²) in [5.41, 5.74) is 2.24. The van der Waals surface area contributed by atoms with Crippen molar-refractivity contribution in [2.45, 2.75) is 13.1 Å². The molecular weight excluding hydrogens is 241 g/mol. The molecule has 2 rings (SSSR count). The number of anilines is 1. The normalized spacial score (nSPS) is 10.7. The van der Waals surface area contributed by atoms with Crippen molar-refractivity contribution in [3.63, 3.8) is 0 Å². The van der Waals surface area contributed by atoms with Crippen molar-refractivity contribution in [1.82, 2.24) is 9.88 Å². The van der Waals surface area contributed by atoms with E-state index < -0.39 is 0 Å². The van der Waals surface area contributed by atoms with E-state index in [4.69, 9.17) is 0 Å². The number of hydrogen-bond acceptors (Lipinski definition) is 3. The van der Waals surface area contributed by atoms with E-state index in [1.54, 1.807) is 6.20 Å². The van der Waals surface area contributed by atoms with Gasteiger partial charge in [0.1, 0.15) is 11.6 Å². The summed E-state index contributed by atoms with van der Waals surface area (Å²) >= 11 is 0. The van der Waals surface area contributed by atoms with E-state index in [9.17, 15) is 4.39 Å². The summed E-state index contributed by atoms with van der Waals surface area (Å²) in [5.74, 6) is 0.699. The van der Waals surface area contributed by atoms with Crippen LogP contribution >= 0.6 is 0 Å². The first-order valence-corrected chi connectivity index (χ1v) is 6.23. The van der Waals surface area contributed by atoms with Gasteiger partial charge in [-0.3, -0.25) is 4.90 Å². The van der Waals surface area contributed by atoms with Gasteiger partial charge in [0.2, 0.25) is 0 Å². The summed E-state index contributed by atoms with van der Waals surface area (Å²) in [5, 5.41) is 3.08. The molecule has 0 radical (unpaired) electrons. The van der Waals surface area contributed by atoms with E-state index in [2.05, 4.69) is 21.3 Å². The van der Waals surface area contributed by atoms with Crippen molar-refractivity contribution in [3.05, 3.63) is 59.5 Å². The summed E-state index contributed by atoms with van der Waals surface area (Å²) in [6, 6.07) is 10.6. The van der Waals surface area contributed by atoms with Crippen molar-refractivity contribution in [3.8, 4) is 0 Å². The highest BCUT2D eigenvalue weighted by Gasteiger charge is 2.06. The lowest BCUT2D eigenvalue weighted by molar-refractivity contribution is 0.319. The molecule has 19 heavy (non-hydrogen) atoms. The van der Waals surface area contributed by atoms with Gasteiger partial charge in [-0.05, 0) is 30.8 Å². The molecule has 0 amide bonds. The van der Waals surface area contributed by atoms with Crippen LogP contribution in [0.3, 0.4) is 0 Å². The minimum Gasteiger partial charge on any atom is -0.373 e. The molecule has 4 heteroatoms. The standard InChI is InChI=1S/C15H18FN3/c1-17-15-13(4-3-9-18-15)11-19(2)10-12-5-7-14(16)8-6-12/h3-9H,10-11H2,1-2H3,(H,17,18). The van der Waals surface area contributed by atoms with Crippen LogP contribution in [0.4, 0.5) is 10.2 Å². The summed E-state index contributed by atoms with van der Waals surface area (Å²) in [6.07, 6.45) is 1.77. The number of hydrogen-bond donors (Lipinski definition) is 1. The molecule has 0 bridgehead atoms. The number of nitrogens with zero attached hydrogens (tertiary/aromatic N) is 2. The quantitative estimate of drug-likeness (QED) is 0.895. The Morgan fingerprint density at radius 1 is 1.16 bits per heavy atom. The van der Waals surface area contributed by atoms with Crippen LogP contribution in [0.2, 0.25) is 0 Å². The highest BCUT2D eigenvalue weighted by atomic mass is 19.1. The Hall–Kier alpha value is -1.94. The van der Waals surface area contributed by atoms with Crippen LogP contribution in [-0.2, 0) is 13.1 Å². The van der Waals surface area contributed by atoms with E-state index in [1.165, 1.54) is 12.1 Å². The summed E-state index contributed by atoms with van der Waals surface area (Å²) in [4.78, 5) is 6.45. The molecule has 0 saturated carbocycles. The summed E-state index contributed by atoms with van der Waals surface area (Å²) < 4.78 is 12.8. The predicted octanol–water partition coefficient (Wildman–Crippen LogP) is 2.89. The molecule has 2 aromatic rings. The van der Waals surface area contributed by atoms with E-state index in [1.807, 2.05) is 32.3 Å². The number of halogens is 1. The fraction of sp³-hybridized carbons (Fsp3) is 0.267. The lowest BCUT2D eigenvalue weighted by Crippen LogP contribution is -2.18. The zero-order valence-electron chi connectivity index (χ0n) is 11.2. The number of rotatable bonds is 5. The van der Waals surface area contributed by atoms with Crippen LogP contribution in [0, 0.1) is 5.82 Å². The highest BCUT2D eigenvalue weighted by molar-refractivity contribution is 5.42. The Kier molecular flexibility index (Phi) is 4.47. The first-order chi connectivity index (χ1) is 9.19. The number of aromatic nitrogens is 1. The first kappa shape index (κ1) is 13.5. The second kappa shape index (κ2) is 6.29. The van der Waals surface area contributed by atoms with Crippen LogP contribution in [-0.4, -0.2) is 24.0 Å². The van der Waals surface area contributed by atoms with Crippen molar-refractivity contribution >= 4 is 5.82 Å². The topological polar surface area (TPSA) is 28.2 Å². The molecule has 0 fully saturated rings. The van der Waals surface area contributed by atoms with Crippen molar-refractivity contribution in [1.29, 1.82) is 0 Å². The first-order valence-electron chi connectivity index (χ1n) is 6.23. The third kappa shape index (κ3) is 3.76. The van der Waals surface area contributed by atoms with Gasteiger partial charge in [0.25, 0.3) is 0 Å². The van der Waals surface area contributed by atoms with Crippen molar-refractivity contribution < 1.29 is 4.39 Å². The molecule has 1 N–H and O–H groups in total. The lowest BCUT2D eigenvalue weighted by atomic mass is 10.2. The van der Waals surface area contributed by atoms with Crippen LogP contribution in [0.15, 0.2) is 42.6 Å². The molecule has 1 heterocycles. The average molecular weight is 259 g/mol. The molecule has 0 saturated heterocycles. The molecule has 1 aromatic carbocycles. The molecule has 100 valence electrons. The lowest BCUT2D eigenvalue weighted by Gasteiger charge is -2.18. The van der Waals surface area contributed by atoms with E-state index in [0.717, 1.165) is 30.0 Å². The Morgan fingerprint density at radius 2 is 1.89 bits per heavy atom. The molecule has 0 aliphatic rings. The third-order valence-electron chi connectivity index (χ3n) is 2.93. The Bertz CT molecular complexity index is 525. The van der Waals surface area contributed by atoms with Gasteiger partial charge in [-0.2, -0.15) is 0 Å². The summed E-state index contributed by atoms with van der Waals surface area (Å²) in [7, 11) is 3.90. The number of pyridine rings is 1. The highest BCUT2D eigenvalue weighted by Crippen LogP contribution is 2.14. The minimum absolute atomic E-state index is 0.198. The van der Waals surface area contributed by atoms with Gasteiger partial charge in [-0.15, -0.1) is 0 Å². The van der Waals surface area contributed by atoms with Gasteiger partial charge in [-0.1, -0.05) is 18.2 Å². The smallest absolute Gasteiger partial charge is 0.130 e. The fourth-order valence-corrected chi connectivity index (χ4v) is 2.04. The van der Waals surface area contributed by atoms with Crippen molar-refractivity contribution in [2.75, 3.05) is 19.4 Å². The van der Waals surface area contributed by atoms with E-state index in [0.29, 0.717) is 0 Å². The number of nitrogens with one attached hydrogen (secondary N) is 1. The maximum atomic E-state index is 12.8. The molecule has 0 aliphatic heterocycles. The van der Waals surface area contributed by atoms with Gasteiger partial charge in [0, 0.05) is 31.9 Å². The zero-order chi connectivity index (χ0) is 13.7. The van der Waals surface area contributed by atoms with Crippen molar-refractivity contribution in [2.24, 2.45) is 0 Å². The second-order valence-corrected chi connectivity index (χ2v) is 4.56. The molecule has 1 aromatic heterocycles. The fourth-order valence-electron chi connectivity index (χ4n) is 2.04. The predicted molar refractivity (Wildman–Crippen MR) is 75.4 cm³/mol. The molecule has 0 spiro atoms. The van der Waals surface area contributed by atoms with Crippen LogP contribution in [0.5, 0.6) is 0 Å². The van der Waals surface area contributed by atoms with Crippen LogP contribution < -0.4 is 5.32 Å². The minimum atomic E-state index is -0.198. The van der Waals surface area contributed by atoms with Gasteiger partial charge < -0.3 is 5.32 Å². The molecular formula is C15H18FN3. The molecule has 0 atom stereocenters. The maximum absolute atomic E-state index is 12.8. The summed E-state index contributed by atoms with van der Waals surface area (Å²) in [6.45, 7) is 1.57. The average Bonchev–Trinajstić information content (AvgIpc) is 2.42. The van der Waals surface area contributed by atoms with Gasteiger partial charge in [-0.25, -0.2) is 9.37 Å². The Balaban J connectivity index is 2.01. The van der Waals surface area contributed by atoms with Crippen LogP contribution in [0.1, 0.15) is 11.1 Å². The zero-order valence-corrected chi connectivity index (χ0v) is 11.2. The van der Waals surface area contributed by atoms with E-state index >= 15 is 0 Å². The molecule has 0 unspecified atom stereocenters. The molecule has 3 nitrogen and oxygen atoms in total. The monoisotopic (exact) mass is 259 g/mol. The van der Waals surface area contributed by atoms with Crippen LogP contribution in [0.25, 0.3) is 0 Å². The van der Waals surface area contributed by atoms with Gasteiger partial charge in [0.15, 0.2) is 0 Å². The van der Waals surface area contributed by atoms with E-state index in [-0.39, 0.29) is 5.82 Å². The van der Waals surface area contributed by atoms with Gasteiger partial charge in [0.05, 0.1) is 0 Å². The maximum Gasteiger partial charge on any atom is 0.130 e. The largest absolute Gasteiger partial charge is 0.373 e. The molecule has 0 aliphatic carbocycles. The number of benzene rings is 1. The van der Waals surface area contributed by atoms with Gasteiger partial charge >= 0.3 is 0 Å². The Labute approximate surface area is 113 Å².